The molecule has 2 unspecified atom stereocenters. The third-order valence-electron chi connectivity index (χ3n) is 3.55. The van der Waals surface area contributed by atoms with Crippen LogP contribution in [0.1, 0.15) is 50.9 Å². The zero-order valence-corrected chi connectivity index (χ0v) is 9.76. The molecular weight excluding hydrogens is 202 g/mol. The van der Waals surface area contributed by atoms with Gasteiger partial charge in [0.1, 0.15) is 0 Å². The van der Waals surface area contributed by atoms with Crippen LogP contribution >= 0.6 is 0 Å². The molecule has 88 valence electrons. The molecule has 0 spiro atoms. The Labute approximate surface area is 95.6 Å². The Kier molecular flexibility index (Phi) is 2.63. The highest BCUT2D eigenvalue weighted by Gasteiger charge is 2.40. The van der Waals surface area contributed by atoms with Crippen LogP contribution in [0.15, 0.2) is 0 Å². The fraction of sp³-hybridized carbons (Fsp3) is 0.909. The molecule has 0 aromatic carbocycles. The Morgan fingerprint density at radius 1 is 1.44 bits per heavy atom. The van der Waals surface area contributed by atoms with Crippen LogP contribution in [0.3, 0.4) is 0 Å². The molecule has 16 heavy (non-hydrogen) atoms. The van der Waals surface area contributed by atoms with Crippen LogP contribution in [0, 0.1) is 5.92 Å². The van der Waals surface area contributed by atoms with Gasteiger partial charge in [-0.15, -0.1) is 5.10 Å². The maximum Gasteiger partial charge on any atom is 0.165 e. The molecule has 2 aliphatic carbocycles. The van der Waals surface area contributed by atoms with Crippen molar-refractivity contribution in [2.45, 2.75) is 57.7 Å². The molecule has 0 amide bonds. The maximum absolute atomic E-state index is 4.12. The highest BCUT2D eigenvalue weighted by Crippen LogP contribution is 2.46. The average molecular weight is 221 g/mol. The first-order valence-electron chi connectivity index (χ1n) is 6.38. The summed E-state index contributed by atoms with van der Waals surface area (Å²) in [5.74, 6) is 1.82. The zero-order valence-electron chi connectivity index (χ0n) is 9.76. The second kappa shape index (κ2) is 4.13. The van der Waals surface area contributed by atoms with Crippen LogP contribution in [-0.4, -0.2) is 26.2 Å². The lowest BCUT2D eigenvalue weighted by Gasteiger charge is -2.04. The Hall–Kier alpha value is -0.970. The summed E-state index contributed by atoms with van der Waals surface area (Å²) in [6.07, 6.45) is 6.45. The van der Waals surface area contributed by atoms with E-state index in [-0.39, 0.29) is 0 Å². The highest BCUT2D eigenvalue weighted by molar-refractivity contribution is 4.96. The van der Waals surface area contributed by atoms with Crippen LogP contribution in [0.5, 0.6) is 0 Å². The summed E-state index contributed by atoms with van der Waals surface area (Å²) in [6.45, 7) is 3.07. The van der Waals surface area contributed by atoms with Crippen LogP contribution in [0.25, 0.3) is 0 Å². The van der Waals surface area contributed by atoms with Gasteiger partial charge in [-0.2, -0.15) is 0 Å². The van der Waals surface area contributed by atoms with Gasteiger partial charge in [-0.3, -0.25) is 0 Å². The summed E-state index contributed by atoms with van der Waals surface area (Å²) in [5.41, 5.74) is 0. The molecule has 5 nitrogen and oxygen atoms in total. The summed E-state index contributed by atoms with van der Waals surface area (Å²) < 4.78 is 2.04. The van der Waals surface area contributed by atoms with Crippen molar-refractivity contribution in [3.63, 3.8) is 0 Å². The van der Waals surface area contributed by atoms with E-state index in [4.69, 9.17) is 0 Å². The highest BCUT2D eigenvalue weighted by atomic mass is 15.6. The smallest absolute Gasteiger partial charge is 0.165 e. The number of nitrogens with one attached hydrogen (secondary N) is 1. The molecule has 5 heteroatoms. The number of aromatic nitrogens is 4. The summed E-state index contributed by atoms with van der Waals surface area (Å²) >= 11 is 0. The molecular formula is C11H19N5. The summed E-state index contributed by atoms with van der Waals surface area (Å²) in [5, 5.41) is 15.5. The molecule has 1 N–H and O–H groups in total. The van der Waals surface area contributed by atoms with Gasteiger partial charge in [0.2, 0.25) is 0 Å². The van der Waals surface area contributed by atoms with Gasteiger partial charge in [0.25, 0.3) is 0 Å². The van der Waals surface area contributed by atoms with Gasteiger partial charge in [0, 0.05) is 6.04 Å². The molecule has 0 radical (unpaired) electrons. The Balaban J connectivity index is 1.59. The van der Waals surface area contributed by atoms with Crippen molar-refractivity contribution in [1.82, 2.24) is 25.5 Å². The van der Waals surface area contributed by atoms with E-state index in [0.29, 0.717) is 6.04 Å². The third kappa shape index (κ3) is 2.09. The Morgan fingerprint density at radius 3 is 3.06 bits per heavy atom. The van der Waals surface area contributed by atoms with Gasteiger partial charge < -0.3 is 5.32 Å². The lowest BCUT2D eigenvalue weighted by Crippen LogP contribution is -2.19. The van der Waals surface area contributed by atoms with Crippen molar-refractivity contribution in [2.75, 3.05) is 0 Å². The fourth-order valence-electron chi connectivity index (χ4n) is 2.32. The van der Waals surface area contributed by atoms with E-state index in [9.17, 15) is 0 Å². The van der Waals surface area contributed by atoms with Crippen molar-refractivity contribution >= 4 is 0 Å². The van der Waals surface area contributed by atoms with E-state index in [0.717, 1.165) is 24.3 Å². The van der Waals surface area contributed by atoms with Crippen molar-refractivity contribution in [3.05, 3.63) is 5.82 Å². The third-order valence-corrected chi connectivity index (χ3v) is 3.55. The minimum absolute atomic E-state index is 0.575. The topological polar surface area (TPSA) is 55.6 Å². The van der Waals surface area contributed by atoms with E-state index in [1.54, 1.807) is 0 Å². The van der Waals surface area contributed by atoms with Crippen LogP contribution in [0.4, 0.5) is 0 Å². The molecule has 2 fully saturated rings. The largest absolute Gasteiger partial charge is 0.307 e. The Bertz CT molecular complexity index is 357. The zero-order chi connectivity index (χ0) is 11.0. The monoisotopic (exact) mass is 221 g/mol. The number of tetrazole rings is 1. The van der Waals surface area contributed by atoms with E-state index >= 15 is 0 Å². The molecule has 2 atom stereocenters. The van der Waals surface area contributed by atoms with Gasteiger partial charge in [0.15, 0.2) is 5.82 Å². The van der Waals surface area contributed by atoms with Crippen LogP contribution in [0.2, 0.25) is 0 Å². The fourth-order valence-corrected chi connectivity index (χ4v) is 2.32. The van der Waals surface area contributed by atoms with Crippen LogP contribution < -0.4 is 5.32 Å². The molecule has 1 aromatic rings. The lowest BCUT2D eigenvalue weighted by molar-refractivity contribution is 0.511. The minimum atomic E-state index is 0.575. The standard InChI is InChI=1S/C11H19N5/c1-2-3-8-6-10(8)16-11(13-14-15-16)7-12-9-4-5-9/h8-10,12H,2-7H2,1H3. The first-order valence-corrected chi connectivity index (χ1v) is 6.38. The van der Waals surface area contributed by atoms with Crippen molar-refractivity contribution in [3.8, 4) is 0 Å². The molecule has 1 heterocycles. The van der Waals surface area contributed by atoms with Crippen molar-refractivity contribution in [2.24, 2.45) is 5.92 Å². The van der Waals surface area contributed by atoms with E-state index in [1.807, 2.05) is 4.68 Å². The minimum Gasteiger partial charge on any atom is -0.307 e. The van der Waals surface area contributed by atoms with Gasteiger partial charge in [-0.1, -0.05) is 13.3 Å². The predicted octanol–water partition coefficient (Wildman–Crippen LogP) is 1.29. The maximum atomic E-state index is 4.12. The van der Waals surface area contributed by atoms with E-state index < -0.39 is 0 Å². The quantitative estimate of drug-likeness (QED) is 0.786. The molecule has 0 saturated heterocycles. The van der Waals surface area contributed by atoms with Crippen molar-refractivity contribution < 1.29 is 0 Å². The van der Waals surface area contributed by atoms with E-state index in [2.05, 4.69) is 27.8 Å². The normalized spacial score (nSPS) is 28.3. The Morgan fingerprint density at radius 2 is 2.31 bits per heavy atom. The molecule has 2 aliphatic rings. The number of hydrogen-bond acceptors (Lipinski definition) is 4. The second-order valence-electron chi connectivity index (χ2n) is 5.05. The lowest BCUT2D eigenvalue weighted by atomic mass is 10.2. The number of hydrogen-bond donors (Lipinski definition) is 1. The summed E-state index contributed by atoms with van der Waals surface area (Å²) in [6, 6.07) is 1.29. The summed E-state index contributed by atoms with van der Waals surface area (Å²) in [4.78, 5) is 0. The van der Waals surface area contributed by atoms with E-state index in [1.165, 1.54) is 32.1 Å². The molecule has 1 aromatic heterocycles. The second-order valence-corrected chi connectivity index (χ2v) is 5.05. The van der Waals surface area contributed by atoms with Crippen LogP contribution in [-0.2, 0) is 6.54 Å². The molecule has 3 rings (SSSR count). The summed E-state index contributed by atoms with van der Waals surface area (Å²) in [7, 11) is 0. The van der Waals surface area contributed by atoms with Crippen molar-refractivity contribution in [1.29, 1.82) is 0 Å². The number of nitrogens with zero attached hydrogens (tertiary/aromatic N) is 4. The first-order chi connectivity index (χ1) is 7.88. The predicted molar refractivity (Wildman–Crippen MR) is 59.7 cm³/mol. The van der Waals surface area contributed by atoms with Gasteiger partial charge >= 0.3 is 0 Å². The average Bonchev–Trinajstić information content (AvgIpc) is 3.19. The molecule has 0 aliphatic heterocycles. The van der Waals surface area contributed by atoms with Gasteiger partial charge in [-0.05, 0) is 42.0 Å². The van der Waals surface area contributed by atoms with Gasteiger partial charge in [0.05, 0.1) is 12.6 Å². The molecule has 2 saturated carbocycles. The first kappa shape index (κ1) is 10.2. The molecule has 0 bridgehead atoms. The number of rotatable bonds is 6. The SMILES string of the molecule is CCCC1CC1n1nnnc1CNC1CC1. The van der Waals surface area contributed by atoms with Gasteiger partial charge in [-0.25, -0.2) is 4.68 Å².